The molecule has 2 fully saturated rings. The van der Waals surface area contributed by atoms with Crippen molar-refractivity contribution in [1.29, 1.82) is 0 Å². The number of anilines is 3. The SMILES string of the molecule is CN(C)c1cc(NC(=O)Nc2ccc(OC(F)(F)F)cc2)c(O)c2c1C[C@@]1(C)C[C@@]3(C)[C@H](N(C)C)C(=O)C(C(N)=O)C(=O)[C@@]3(O)C(=O)C1C2=O. The van der Waals surface area contributed by atoms with Crippen molar-refractivity contribution < 1.29 is 56.9 Å². The fraction of sp³-hybridized carbons (Fsp3) is 0.455. The zero-order chi connectivity index (χ0) is 37.5. The van der Waals surface area contributed by atoms with Crippen LogP contribution in [0.15, 0.2) is 30.3 Å². The molecule has 268 valence electrons. The number of ketones is 4. The molecule has 0 heterocycles. The second kappa shape index (κ2) is 11.8. The van der Waals surface area contributed by atoms with Crippen molar-refractivity contribution in [2.45, 2.75) is 44.7 Å². The number of primary amides is 1. The highest BCUT2D eigenvalue weighted by Gasteiger charge is 2.76. The molecule has 0 aliphatic heterocycles. The Morgan fingerprint density at radius 3 is 2.12 bits per heavy atom. The van der Waals surface area contributed by atoms with Gasteiger partial charge in [0.15, 0.2) is 34.7 Å². The molecule has 14 nitrogen and oxygen atoms in total. The lowest BCUT2D eigenvalue weighted by molar-refractivity contribution is -0.274. The Hall–Kier alpha value is -5.03. The summed E-state index contributed by atoms with van der Waals surface area (Å²) in [7, 11) is 6.26. The van der Waals surface area contributed by atoms with Gasteiger partial charge in [-0.05, 0) is 68.2 Å². The van der Waals surface area contributed by atoms with Crippen molar-refractivity contribution in [2.75, 3.05) is 43.7 Å². The van der Waals surface area contributed by atoms with Crippen LogP contribution < -0.4 is 26.0 Å². The lowest BCUT2D eigenvalue weighted by atomic mass is 9.42. The summed E-state index contributed by atoms with van der Waals surface area (Å²) in [5.41, 5.74) is -0.573. The number of urea groups is 1. The number of alkyl halides is 3. The number of aliphatic hydroxyl groups is 1. The molecule has 2 aromatic carbocycles. The first-order valence-corrected chi connectivity index (χ1v) is 15.3. The molecule has 6 atom stereocenters. The van der Waals surface area contributed by atoms with E-state index in [9.17, 15) is 52.2 Å². The van der Waals surface area contributed by atoms with E-state index in [4.69, 9.17) is 5.73 Å². The minimum Gasteiger partial charge on any atom is -0.505 e. The van der Waals surface area contributed by atoms with Crippen LogP contribution in [0.25, 0.3) is 0 Å². The number of nitrogens with two attached hydrogens (primary N) is 1. The summed E-state index contributed by atoms with van der Waals surface area (Å²) >= 11 is 0. The molecule has 6 N–H and O–H groups in total. The number of hydrogen-bond donors (Lipinski definition) is 5. The van der Waals surface area contributed by atoms with Gasteiger partial charge in [0.05, 0.1) is 23.2 Å². The van der Waals surface area contributed by atoms with E-state index in [-0.39, 0.29) is 29.8 Å². The van der Waals surface area contributed by atoms with E-state index in [0.717, 1.165) is 24.3 Å². The highest BCUT2D eigenvalue weighted by atomic mass is 19.4. The molecular formula is C33H36F3N5O9. The van der Waals surface area contributed by atoms with Crippen LogP contribution in [0.2, 0.25) is 0 Å². The second-order valence-electron chi connectivity index (χ2n) is 14.0. The number of nitrogens with zero attached hydrogens (tertiary/aromatic N) is 2. The molecule has 2 aromatic rings. The Kier molecular flexibility index (Phi) is 8.55. The third-order valence-corrected chi connectivity index (χ3v) is 10.0. The number of phenolic OH excluding ortho intramolecular Hbond substituents is 1. The summed E-state index contributed by atoms with van der Waals surface area (Å²) in [6.07, 6.45) is -5.16. The van der Waals surface area contributed by atoms with Gasteiger partial charge < -0.3 is 36.2 Å². The number of likely N-dealkylation sites (N-methyl/N-ethyl adjacent to an activating group) is 1. The summed E-state index contributed by atoms with van der Waals surface area (Å²) in [6.45, 7) is 3.01. The standard InChI is InChI=1S/C33H36F3N5O9/c1-30-12-16-18(40(3)4)11-17(39-29(48)38-14-7-9-15(10-8-14)50-33(34,35)36)22(42)19(16)23(43)21(30)27(46)32(49)26(45)20(28(37)47)24(44)25(41(5)6)31(32,2)13-30/h7-11,20-21,25,42,49H,12-13H2,1-6H3,(H2,37,47)(H2,38,39,48)/t20?,21?,25-,30+,31+,32-/m1/s1. The normalized spacial score (nSPS) is 29.1. The van der Waals surface area contributed by atoms with Gasteiger partial charge in [-0.1, -0.05) is 13.8 Å². The molecule has 3 amide bonds. The van der Waals surface area contributed by atoms with E-state index in [1.165, 1.54) is 32.0 Å². The van der Waals surface area contributed by atoms with E-state index in [1.54, 1.807) is 25.9 Å². The van der Waals surface area contributed by atoms with Crippen LogP contribution in [0, 0.1) is 22.7 Å². The van der Waals surface area contributed by atoms with Crippen molar-refractivity contribution in [3.05, 3.63) is 41.5 Å². The second-order valence-corrected chi connectivity index (χ2v) is 14.0. The maximum atomic E-state index is 14.5. The molecule has 5 rings (SSSR count). The van der Waals surface area contributed by atoms with Gasteiger partial charge in [-0.3, -0.25) is 28.9 Å². The molecule has 2 saturated carbocycles. The van der Waals surface area contributed by atoms with Crippen LogP contribution in [-0.4, -0.2) is 96.4 Å². The molecular weight excluding hydrogens is 667 g/mol. The van der Waals surface area contributed by atoms with Gasteiger partial charge in [0.25, 0.3) is 0 Å². The van der Waals surface area contributed by atoms with E-state index < -0.39 is 87.2 Å². The number of hydrogen-bond acceptors (Lipinski definition) is 11. The maximum Gasteiger partial charge on any atom is 0.573 e. The van der Waals surface area contributed by atoms with Crippen LogP contribution in [0.3, 0.4) is 0 Å². The number of ether oxygens (including phenoxy) is 1. The first-order chi connectivity index (χ1) is 23.0. The quantitative estimate of drug-likeness (QED) is 0.218. The molecule has 3 aliphatic carbocycles. The number of benzene rings is 2. The number of fused-ring (bicyclic) bond motifs is 3. The third kappa shape index (κ3) is 5.44. The average Bonchev–Trinajstić information content (AvgIpc) is 2.96. The predicted molar refractivity (Wildman–Crippen MR) is 171 cm³/mol. The minimum atomic E-state index is -4.92. The molecule has 0 bridgehead atoms. The van der Waals surface area contributed by atoms with Gasteiger partial charge in [0, 0.05) is 30.9 Å². The molecule has 0 radical (unpaired) electrons. The smallest absolute Gasteiger partial charge is 0.505 e. The van der Waals surface area contributed by atoms with Crippen molar-refractivity contribution in [1.82, 2.24) is 4.90 Å². The first kappa shape index (κ1) is 36.3. The summed E-state index contributed by atoms with van der Waals surface area (Å²) in [6, 6.07) is 3.34. The van der Waals surface area contributed by atoms with Gasteiger partial charge >= 0.3 is 12.4 Å². The Morgan fingerprint density at radius 1 is 1.00 bits per heavy atom. The van der Waals surface area contributed by atoms with Gasteiger partial charge in [0.1, 0.15) is 11.5 Å². The maximum absolute atomic E-state index is 14.5. The number of rotatable bonds is 6. The monoisotopic (exact) mass is 703 g/mol. The van der Waals surface area contributed by atoms with Gasteiger partial charge in [-0.15, -0.1) is 13.2 Å². The summed E-state index contributed by atoms with van der Waals surface area (Å²) < 4.78 is 41.3. The zero-order valence-corrected chi connectivity index (χ0v) is 27.9. The number of carbonyl (C=O) groups excluding carboxylic acids is 6. The Bertz CT molecular complexity index is 1850. The number of carbonyl (C=O) groups is 6. The van der Waals surface area contributed by atoms with E-state index in [0.29, 0.717) is 11.3 Å². The summed E-state index contributed by atoms with van der Waals surface area (Å²) in [5, 5.41) is 28.4. The summed E-state index contributed by atoms with van der Waals surface area (Å²) in [5.74, 6) is -10.9. The van der Waals surface area contributed by atoms with Crippen molar-refractivity contribution in [3.8, 4) is 11.5 Å². The minimum absolute atomic E-state index is 0.0438. The topological polar surface area (TPSA) is 209 Å². The number of halogens is 3. The highest BCUT2D eigenvalue weighted by Crippen LogP contribution is 2.62. The number of Topliss-reactive ketones (excluding diaryl/α,β-unsaturated/α-hetero) is 4. The third-order valence-electron chi connectivity index (χ3n) is 10.0. The first-order valence-electron chi connectivity index (χ1n) is 15.3. The van der Waals surface area contributed by atoms with Crippen LogP contribution in [0.1, 0.15) is 36.2 Å². The van der Waals surface area contributed by atoms with E-state index >= 15 is 0 Å². The van der Waals surface area contributed by atoms with Crippen LogP contribution in [0.4, 0.5) is 35.0 Å². The van der Waals surface area contributed by atoms with E-state index in [1.807, 2.05) is 0 Å². The highest BCUT2D eigenvalue weighted by molar-refractivity contribution is 6.33. The largest absolute Gasteiger partial charge is 0.573 e. The lowest BCUT2D eigenvalue weighted by Crippen LogP contribution is -2.79. The van der Waals surface area contributed by atoms with Crippen molar-refractivity contribution >= 4 is 52.1 Å². The van der Waals surface area contributed by atoms with Gasteiger partial charge in [-0.25, -0.2) is 4.79 Å². The summed E-state index contributed by atoms with van der Waals surface area (Å²) in [4.78, 5) is 84.5. The zero-order valence-electron chi connectivity index (χ0n) is 27.9. The van der Waals surface area contributed by atoms with Crippen LogP contribution in [-0.2, 0) is 25.6 Å². The predicted octanol–water partition coefficient (Wildman–Crippen LogP) is 2.26. The van der Waals surface area contributed by atoms with Gasteiger partial charge in [-0.2, -0.15) is 0 Å². The number of phenols is 1. The average molecular weight is 704 g/mol. The van der Waals surface area contributed by atoms with Crippen LogP contribution in [0.5, 0.6) is 11.5 Å². The molecule has 0 spiro atoms. The fourth-order valence-corrected chi connectivity index (χ4v) is 8.29. The number of amides is 3. The number of aromatic hydroxyl groups is 1. The van der Waals surface area contributed by atoms with Crippen molar-refractivity contribution in [3.63, 3.8) is 0 Å². The van der Waals surface area contributed by atoms with Gasteiger partial charge in [0.2, 0.25) is 5.91 Å². The Balaban J connectivity index is 1.56. The van der Waals surface area contributed by atoms with E-state index in [2.05, 4.69) is 15.4 Å². The molecule has 50 heavy (non-hydrogen) atoms. The number of nitrogens with one attached hydrogen (secondary N) is 2. The van der Waals surface area contributed by atoms with Crippen molar-refractivity contribution in [2.24, 2.45) is 28.4 Å². The molecule has 3 aliphatic rings. The van der Waals surface area contributed by atoms with Crippen LogP contribution >= 0.6 is 0 Å². The molecule has 0 aromatic heterocycles. The Labute approximate surface area is 283 Å². The fourth-order valence-electron chi connectivity index (χ4n) is 8.29. The molecule has 2 unspecified atom stereocenters. The molecule has 0 saturated heterocycles. The lowest BCUT2D eigenvalue weighted by Gasteiger charge is -2.61. The molecule has 17 heteroatoms. The Morgan fingerprint density at radius 2 is 1.60 bits per heavy atom.